The van der Waals surface area contributed by atoms with Gasteiger partial charge in [-0.3, -0.25) is 19.2 Å². The fraction of sp³-hybridized carbons (Fsp3) is 0.826. The average molecular weight is 476 g/mol. The molecule has 0 radical (unpaired) electrons. The molecule has 0 aromatic rings. The zero-order valence-corrected chi connectivity index (χ0v) is 20.3. The van der Waals surface area contributed by atoms with Crippen LogP contribution < -0.4 is 5.32 Å². The maximum atomic E-state index is 12.1. The summed E-state index contributed by atoms with van der Waals surface area (Å²) in [6.45, 7) is 8.88. The summed E-state index contributed by atoms with van der Waals surface area (Å²) >= 11 is 0. The van der Waals surface area contributed by atoms with Gasteiger partial charge in [-0.1, -0.05) is 13.8 Å². The van der Waals surface area contributed by atoms with Crippen molar-refractivity contribution in [3.05, 3.63) is 0 Å². The normalized spacial score (nSPS) is 12.0. The summed E-state index contributed by atoms with van der Waals surface area (Å²) in [5.74, 6) is -1.90. The minimum atomic E-state index is -1.01. The van der Waals surface area contributed by atoms with Gasteiger partial charge in [-0.15, -0.1) is 0 Å². The van der Waals surface area contributed by atoms with Crippen LogP contribution in [-0.2, 0) is 38.1 Å². The molecule has 0 aromatic heterocycles. The number of ether oxygens (including phenoxy) is 4. The lowest BCUT2D eigenvalue weighted by molar-refractivity contribution is -0.142. The van der Waals surface area contributed by atoms with E-state index in [9.17, 15) is 19.2 Å². The van der Waals surface area contributed by atoms with Crippen molar-refractivity contribution in [2.24, 2.45) is 11.8 Å². The molecule has 1 amide bonds. The molecule has 1 atom stereocenters. The van der Waals surface area contributed by atoms with Gasteiger partial charge in [-0.2, -0.15) is 0 Å². The van der Waals surface area contributed by atoms with E-state index < -0.39 is 11.9 Å². The first kappa shape index (κ1) is 31.1. The van der Waals surface area contributed by atoms with Crippen molar-refractivity contribution in [1.82, 2.24) is 5.32 Å². The lowest BCUT2D eigenvalue weighted by Crippen LogP contribution is -2.36. The van der Waals surface area contributed by atoms with Crippen LogP contribution in [-0.4, -0.2) is 87.9 Å². The summed E-state index contributed by atoms with van der Waals surface area (Å²) in [5.41, 5.74) is 0. The number of hydrogen-bond donors (Lipinski definition) is 2. The summed E-state index contributed by atoms with van der Waals surface area (Å²) in [6, 6.07) is 0. The molecule has 0 saturated heterocycles. The number of Topliss-reactive ketones (excluding diaryl/α,β-unsaturated/α-hetero) is 2. The van der Waals surface area contributed by atoms with E-state index in [0.717, 1.165) is 0 Å². The maximum Gasteiger partial charge on any atom is 0.304 e. The molecule has 1 unspecified atom stereocenters. The molecule has 10 heteroatoms. The molecule has 0 heterocycles. The summed E-state index contributed by atoms with van der Waals surface area (Å²) in [6.07, 6.45) is 1.37. The summed E-state index contributed by atoms with van der Waals surface area (Å²) in [5, 5.41) is 11.5. The summed E-state index contributed by atoms with van der Waals surface area (Å²) in [7, 11) is 0. The second kappa shape index (κ2) is 20.7. The lowest BCUT2D eigenvalue weighted by atomic mass is 9.91. The van der Waals surface area contributed by atoms with E-state index in [1.807, 2.05) is 0 Å². The Hall–Kier alpha value is -1.88. The highest BCUT2D eigenvalue weighted by molar-refractivity contribution is 5.84. The molecule has 2 N–H and O–H groups in total. The number of rotatable bonds is 23. The van der Waals surface area contributed by atoms with E-state index in [1.165, 1.54) is 6.92 Å². The molecule has 0 aromatic carbocycles. The van der Waals surface area contributed by atoms with E-state index in [0.29, 0.717) is 72.1 Å². The zero-order valence-electron chi connectivity index (χ0n) is 20.3. The van der Waals surface area contributed by atoms with E-state index in [2.05, 4.69) is 5.32 Å². The predicted octanol–water partition coefficient (Wildman–Crippen LogP) is 1.63. The Morgan fingerprint density at radius 2 is 1.27 bits per heavy atom. The molecule has 0 rings (SSSR count). The summed E-state index contributed by atoms with van der Waals surface area (Å²) in [4.78, 5) is 45.6. The maximum absolute atomic E-state index is 12.1. The van der Waals surface area contributed by atoms with Gasteiger partial charge >= 0.3 is 5.97 Å². The van der Waals surface area contributed by atoms with Crippen molar-refractivity contribution >= 4 is 23.4 Å². The molecule has 0 aliphatic heterocycles. The van der Waals surface area contributed by atoms with Gasteiger partial charge < -0.3 is 29.4 Å². The zero-order chi connectivity index (χ0) is 24.9. The van der Waals surface area contributed by atoms with Crippen molar-refractivity contribution in [3.8, 4) is 0 Å². The third-order valence-corrected chi connectivity index (χ3v) is 4.70. The van der Waals surface area contributed by atoms with Crippen molar-refractivity contribution in [2.75, 3.05) is 59.4 Å². The standard InChI is InChI=1S/C23H41NO9/c1-18(2)21(17-22(27)28)23(29)24-8-6-20(26)5-4-9-30-11-13-32-15-16-33-14-12-31-10-7-19(3)25/h18,21H,4-17H2,1-3H3,(H,24,29)(H,27,28). The number of nitrogens with one attached hydrogen (secondary N) is 1. The van der Waals surface area contributed by atoms with E-state index in [-0.39, 0.29) is 42.8 Å². The average Bonchev–Trinajstić information content (AvgIpc) is 2.74. The highest BCUT2D eigenvalue weighted by atomic mass is 16.6. The van der Waals surface area contributed by atoms with Gasteiger partial charge in [-0.25, -0.2) is 0 Å². The Balaban J connectivity index is 3.49. The number of carbonyl (C=O) groups excluding carboxylic acids is 3. The molecule has 0 bridgehead atoms. The number of aliphatic carboxylic acids is 1. The van der Waals surface area contributed by atoms with Gasteiger partial charge in [-0.05, 0) is 19.3 Å². The second-order valence-electron chi connectivity index (χ2n) is 8.03. The van der Waals surface area contributed by atoms with Crippen LogP contribution in [0, 0.1) is 11.8 Å². The smallest absolute Gasteiger partial charge is 0.304 e. The van der Waals surface area contributed by atoms with Gasteiger partial charge in [0, 0.05) is 32.4 Å². The molecule has 0 saturated carbocycles. The van der Waals surface area contributed by atoms with Crippen molar-refractivity contribution in [1.29, 1.82) is 0 Å². The summed E-state index contributed by atoms with van der Waals surface area (Å²) < 4.78 is 21.4. The van der Waals surface area contributed by atoms with Gasteiger partial charge in [0.2, 0.25) is 5.91 Å². The highest BCUT2D eigenvalue weighted by Crippen LogP contribution is 2.15. The number of carboxylic acid groups (broad SMARTS) is 1. The molecule has 192 valence electrons. The van der Waals surface area contributed by atoms with Crippen LogP contribution in [0.1, 0.15) is 52.9 Å². The van der Waals surface area contributed by atoms with Gasteiger partial charge in [0.25, 0.3) is 0 Å². The van der Waals surface area contributed by atoms with Crippen LogP contribution in [0.3, 0.4) is 0 Å². The molecule has 33 heavy (non-hydrogen) atoms. The number of ketones is 2. The first-order valence-corrected chi connectivity index (χ1v) is 11.6. The van der Waals surface area contributed by atoms with Crippen LogP contribution in [0.15, 0.2) is 0 Å². The molecule has 0 aliphatic rings. The number of carboxylic acids is 1. The number of carbonyl (C=O) groups is 4. The van der Waals surface area contributed by atoms with Gasteiger partial charge in [0.05, 0.1) is 58.6 Å². The molecular weight excluding hydrogens is 434 g/mol. The van der Waals surface area contributed by atoms with E-state index in [1.54, 1.807) is 13.8 Å². The van der Waals surface area contributed by atoms with Crippen molar-refractivity contribution in [2.45, 2.75) is 52.9 Å². The van der Waals surface area contributed by atoms with Crippen LogP contribution >= 0.6 is 0 Å². The SMILES string of the molecule is CC(=O)CCOCCOCCOCCOCCCC(=O)CCNC(=O)C(CC(=O)O)C(C)C. The Bertz CT molecular complexity index is 566. The minimum Gasteiger partial charge on any atom is -0.481 e. The Kier molecular flexibility index (Phi) is 19.5. The fourth-order valence-corrected chi connectivity index (χ4v) is 2.75. The molecule has 0 aliphatic carbocycles. The highest BCUT2D eigenvalue weighted by Gasteiger charge is 2.24. The largest absolute Gasteiger partial charge is 0.481 e. The minimum absolute atomic E-state index is 0.0249. The van der Waals surface area contributed by atoms with Crippen LogP contribution in [0.5, 0.6) is 0 Å². The molecule has 0 spiro atoms. The Labute approximate surface area is 196 Å². The van der Waals surface area contributed by atoms with Crippen LogP contribution in [0.4, 0.5) is 0 Å². The first-order chi connectivity index (χ1) is 15.7. The predicted molar refractivity (Wildman–Crippen MR) is 121 cm³/mol. The number of hydrogen-bond acceptors (Lipinski definition) is 8. The number of amides is 1. The third kappa shape index (κ3) is 20.5. The van der Waals surface area contributed by atoms with Gasteiger partial charge in [0.15, 0.2) is 0 Å². The Morgan fingerprint density at radius 3 is 1.76 bits per heavy atom. The molecule has 10 nitrogen and oxygen atoms in total. The lowest BCUT2D eigenvalue weighted by Gasteiger charge is -2.18. The van der Waals surface area contributed by atoms with Crippen LogP contribution in [0.2, 0.25) is 0 Å². The monoisotopic (exact) mass is 475 g/mol. The molecular formula is C23H41NO9. The third-order valence-electron chi connectivity index (χ3n) is 4.70. The van der Waals surface area contributed by atoms with Gasteiger partial charge in [0.1, 0.15) is 11.6 Å². The molecule has 0 fully saturated rings. The quantitative estimate of drug-likeness (QED) is 0.211. The fourth-order valence-electron chi connectivity index (χ4n) is 2.75. The van der Waals surface area contributed by atoms with Crippen LogP contribution in [0.25, 0.3) is 0 Å². The van der Waals surface area contributed by atoms with Crippen molar-refractivity contribution < 1.29 is 43.2 Å². The van der Waals surface area contributed by atoms with Crippen molar-refractivity contribution in [3.63, 3.8) is 0 Å². The first-order valence-electron chi connectivity index (χ1n) is 11.6. The van der Waals surface area contributed by atoms with E-state index in [4.69, 9.17) is 24.1 Å². The Morgan fingerprint density at radius 1 is 0.758 bits per heavy atom. The van der Waals surface area contributed by atoms with E-state index >= 15 is 0 Å². The topological polar surface area (TPSA) is 137 Å². The second-order valence-corrected chi connectivity index (χ2v) is 8.03.